The molecular weight excluding hydrogens is 711 g/mol. The van der Waals surface area contributed by atoms with Gasteiger partial charge in [-0.1, -0.05) is 170 Å². The molecule has 0 radical (unpaired) electrons. The molecular formula is C48H61NO4Si2. The van der Waals surface area contributed by atoms with Crippen LogP contribution in [0.1, 0.15) is 78.1 Å². The van der Waals surface area contributed by atoms with E-state index in [1.165, 1.54) is 20.7 Å². The lowest BCUT2D eigenvalue weighted by molar-refractivity contribution is 0.111. The normalized spacial score (nSPS) is 12.3. The molecule has 0 aliphatic carbocycles. The second-order valence-corrected chi connectivity index (χ2v) is 25.0. The van der Waals surface area contributed by atoms with Crippen LogP contribution < -0.4 is 30.4 Å². The van der Waals surface area contributed by atoms with Crippen molar-refractivity contribution in [3.63, 3.8) is 0 Å². The highest BCUT2D eigenvalue weighted by atomic mass is 28.4. The number of aldehydes is 1. The van der Waals surface area contributed by atoms with E-state index in [0.29, 0.717) is 31.1 Å². The number of anilines is 1. The molecule has 0 amide bonds. The van der Waals surface area contributed by atoms with Gasteiger partial charge in [-0.15, -0.1) is 0 Å². The molecule has 5 nitrogen and oxygen atoms in total. The Morgan fingerprint density at radius 3 is 1.36 bits per heavy atom. The summed E-state index contributed by atoms with van der Waals surface area (Å²) in [5.74, 6) is 0.620. The lowest BCUT2D eigenvalue weighted by Crippen LogP contribution is -2.67. The summed E-state index contributed by atoms with van der Waals surface area (Å²) < 4.78 is 20.7. The van der Waals surface area contributed by atoms with Crippen molar-refractivity contribution in [2.45, 2.75) is 77.8 Å². The van der Waals surface area contributed by atoms with Gasteiger partial charge in [-0.2, -0.15) is 0 Å². The lowest BCUT2D eigenvalue weighted by Gasteiger charge is -2.43. The molecule has 5 rings (SSSR count). The molecule has 0 fully saturated rings. The van der Waals surface area contributed by atoms with Crippen LogP contribution in [0.15, 0.2) is 140 Å². The predicted octanol–water partition coefficient (Wildman–Crippen LogP) is 9.03. The zero-order valence-corrected chi connectivity index (χ0v) is 36.1. The molecule has 0 aliphatic heterocycles. The molecule has 0 spiro atoms. The van der Waals surface area contributed by atoms with Crippen molar-refractivity contribution >= 4 is 49.4 Å². The lowest BCUT2D eigenvalue weighted by atomic mass is 10.1. The molecule has 0 saturated heterocycles. The summed E-state index contributed by atoms with van der Waals surface area (Å²) in [5, 5.41) is 4.96. The van der Waals surface area contributed by atoms with Crippen molar-refractivity contribution in [3.05, 3.63) is 145 Å². The van der Waals surface area contributed by atoms with Gasteiger partial charge in [0.2, 0.25) is 0 Å². The Kier molecular flexibility index (Phi) is 14.5. The van der Waals surface area contributed by atoms with Crippen LogP contribution in [0.25, 0.3) is 0 Å². The molecule has 0 saturated carbocycles. The highest BCUT2D eigenvalue weighted by Crippen LogP contribution is 2.38. The maximum atomic E-state index is 12.2. The second-order valence-electron chi connectivity index (χ2n) is 16.4. The molecule has 7 heteroatoms. The van der Waals surface area contributed by atoms with E-state index in [1.807, 2.05) is 18.2 Å². The van der Waals surface area contributed by atoms with Gasteiger partial charge in [0.15, 0.2) is 6.29 Å². The Hall–Kier alpha value is -4.28. The van der Waals surface area contributed by atoms with Gasteiger partial charge < -0.3 is 18.5 Å². The zero-order chi connectivity index (χ0) is 39.4. The van der Waals surface area contributed by atoms with Crippen LogP contribution in [-0.4, -0.2) is 55.8 Å². The number of nitrogens with zero attached hydrogens (tertiary/aromatic N) is 1. The number of ether oxygens (including phenoxy) is 1. The number of benzene rings is 5. The first-order chi connectivity index (χ1) is 26.5. The zero-order valence-electron chi connectivity index (χ0n) is 34.1. The first-order valence-electron chi connectivity index (χ1n) is 19.9. The van der Waals surface area contributed by atoms with Crippen LogP contribution in [0.3, 0.4) is 0 Å². The van der Waals surface area contributed by atoms with Gasteiger partial charge in [0.05, 0.1) is 18.8 Å². The number of hydrogen-bond acceptors (Lipinski definition) is 5. The minimum absolute atomic E-state index is 0.0690. The van der Waals surface area contributed by atoms with E-state index in [-0.39, 0.29) is 10.1 Å². The fraction of sp³-hybridized carbons (Fsp3) is 0.354. The first-order valence-corrected chi connectivity index (χ1v) is 23.8. The average molecular weight is 772 g/mol. The van der Waals surface area contributed by atoms with Gasteiger partial charge in [-0.05, 0) is 62.2 Å². The van der Waals surface area contributed by atoms with Gasteiger partial charge in [-0.3, -0.25) is 4.79 Å². The minimum atomic E-state index is -2.66. The van der Waals surface area contributed by atoms with E-state index in [0.717, 1.165) is 44.3 Å². The summed E-state index contributed by atoms with van der Waals surface area (Å²) in [6, 6.07) is 49.1. The van der Waals surface area contributed by atoms with Crippen LogP contribution >= 0.6 is 0 Å². The van der Waals surface area contributed by atoms with E-state index < -0.39 is 16.6 Å². The molecule has 0 N–H and O–H groups in total. The Labute approximate surface area is 332 Å². The monoisotopic (exact) mass is 771 g/mol. The molecule has 0 unspecified atom stereocenters. The van der Waals surface area contributed by atoms with Crippen LogP contribution in [0.4, 0.5) is 5.69 Å². The average Bonchev–Trinajstić information content (AvgIpc) is 3.19. The summed E-state index contributed by atoms with van der Waals surface area (Å²) >= 11 is 0. The number of hydrogen-bond donors (Lipinski definition) is 0. The second kappa shape index (κ2) is 19.0. The van der Waals surface area contributed by atoms with Crippen LogP contribution in [0.2, 0.25) is 10.1 Å². The third kappa shape index (κ3) is 9.58. The predicted molar refractivity (Wildman–Crippen MR) is 236 cm³/mol. The van der Waals surface area contributed by atoms with Crippen molar-refractivity contribution < 1.29 is 18.4 Å². The van der Waals surface area contributed by atoms with Crippen molar-refractivity contribution in [2.24, 2.45) is 0 Å². The van der Waals surface area contributed by atoms with Gasteiger partial charge >= 0.3 is 0 Å². The van der Waals surface area contributed by atoms with Gasteiger partial charge in [0, 0.05) is 31.5 Å². The van der Waals surface area contributed by atoms with Crippen molar-refractivity contribution in [2.75, 3.05) is 37.8 Å². The Bertz CT molecular complexity index is 1810. The fourth-order valence-corrected chi connectivity index (χ4v) is 17.2. The summed E-state index contributed by atoms with van der Waals surface area (Å²) in [4.78, 5) is 14.5. The SMILES string of the molecule is CCCN(CCO[Si](c1ccccc1)(c1ccccc1)C(C)(C)C)c1ccc(C=O)c(OCCCCO[Si](c2ccccc2)(c2ccccc2)C(C)(C)C)c1. The van der Waals surface area contributed by atoms with Crippen LogP contribution in [0, 0.1) is 0 Å². The highest BCUT2D eigenvalue weighted by molar-refractivity contribution is 7.00. The Morgan fingerprint density at radius 2 is 0.964 bits per heavy atom. The molecule has 290 valence electrons. The third-order valence-electron chi connectivity index (χ3n) is 10.6. The van der Waals surface area contributed by atoms with Crippen LogP contribution in [-0.2, 0) is 8.85 Å². The topological polar surface area (TPSA) is 48.0 Å². The minimum Gasteiger partial charge on any atom is -0.493 e. The van der Waals surface area contributed by atoms with Gasteiger partial charge in [0.1, 0.15) is 5.75 Å². The number of carbonyl (C=O) groups excluding carboxylic acids is 1. The van der Waals surface area contributed by atoms with E-state index in [1.54, 1.807) is 0 Å². The number of unbranched alkanes of at least 4 members (excludes halogenated alkanes) is 1. The largest absolute Gasteiger partial charge is 0.493 e. The Balaban J connectivity index is 1.27. The molecule has 0 heterocycles. The van der Waals surface area contributed by atoms with E-state index in [4.69, 9.17) is 13.6 Å². The molecule has 0 aromatic heterocycles. The number of rotatable bonds is 19. The molecule has 5 aromatic rings. The first kappa shape index (κ1) is 41.9. The highest BCUT2D eigenvalue weighted by Gasteiger charge is 2.51. The van der Waals surface area contributed by atoms with Gasteiger partial charge in [-0.25, -0.2) is 0 Å². The molecule has 55 heavy (non-hydrogen) atoms. The maximum Gasteiger partial charge on any atom is 0.261 e. The van der Waals surface area contributed by atoms with Crippen molar-refractivity contribution in [1.82, 2.24) is 0 Å². The molecule has 0 bridgehead atoms. The van der Waals surface area contributed by atoms with Crippen molar-refractivity contribution in [1.29, 1.82) is 0 Å². The van der Waals surface area contributed by atoms with E-state index in [2.05, 4.69) is 175 Å². The number of carbonyl (C=O) groups is 1. The summed E-state index contributed by atoms with van der Waals surface area (Å²) in [6.07, 6.45) is 3.53. The summed E-state index contributed by atoms with van der Waals surface area (Å²) in [7, 11) is -5.25. The fourth-order valence-electron chi connectivity index (χ4n) is 8.03. The van der Waals surface area contributed by atoms with E-state index >= 15 is 0 Å². The maximum absolute atomic E-state index is 12.2. The molecule has 0 atom stereocenters. The van der Waals surface area contributed by atoms with Gasteiger partial charge in [0.25, 0.3) is 16.6 Å². The van der Waals surface area contributed by atoms with Crippen LogP contribution in [0.5, 0.6) is 5.75 Å². The standard InChI is InChI=1S/C48H61NO4Si2/c1-8-33-49(34-37-53-55(48(5,6)7,44-27-17-11-18-28-44)45-29-19-12-20-30-45)41-32-31-40(39-50)46(38-41)51-35-21-22-36-52-54(47(2,3)4,42-23-13-9-14-24-42)43-25-15-10-16-26-43/h9-20,23-32,38-39H,8,21-22,33-37H2,1-7H3. The third-order valence-corrected chi connectivity index (χ3v) is 20.7. The molecule has 5 aromatic carbocycles. The quantitative estimate of drug-likeness (QED) is 0.0477. The van der Waals surface area contributed by atoms with E-state index in [9.17, 15) is 4.79 Å². The smallest absolute Gasteiger partial charge is 0.261 e. The summed E-state index contributed by atoms with van der Waals surface area (Å²) in [5.41, 5.74) is 1.59. The Morgan fingerprint density at radius 1 is 0.545 bits per heavy atom. The van der Waals surface area contributed by atoms with Crippen molar-refractivity contribution in [3.8, 4) is 5.75 Å². The molecule has 0 aliphatic rings. The summed E-state index contributed by atoms with van der Waals surface area (Å²) in [6.45, 7) is 19.3.